The fourth-order valence-corrected chi connectivity index (χ4v) is 4.04. The van der Waals surface area contributed by atoms with Gasteiger partial charge in [-0.2, -0.15) is 0 Å². The van der Waals surface area contributed by atoms with E-state index < -0.39 is 18.0 Å². The molecule has 4 N–H and O–H groups in total. The van der Waals surface area contributed by atoms with Crippen molar-refractivity contribution < 1.29 is 29.6 Å². The van der Waals surface area contributed by atoms with Gasteiger partial charge in [0.2, 0.25) is 0 Å². The highest BCUT2D eigenvalue weighted by atomic mass is 16.5. The molecule has 1 unspecified atom stereocenters. The molecule has 0 aliphatic heterocycles. The number of aliphatic hydroxyl groups is 1. The molecular formula is C22H33NO6. The van der Waals surface area contributed by atoms with Crippen LogP contribution in [0.2, 0.25) is 0 Å². The molecule has 7 nitrogen and oxygen atoms in total. The van der Waals surface area contributed by atoms with Crippen molar-refractivity contribution in [2.45, 2.75) is 75.9 Å². The quantitative estimate of drug-likeness (QED) is 0.513. The third-order valence-electron chi connectivity index (χ3n) is 5.58. The monoisotopic (exact) mass is 407 g/mol. The van der Waals surface area contributed by atoms with Gasteiger partial charge in [-0.05, 0) is 43.2 Å². The minimum atomic E-state index is -1.82. The maximum Gasteiger partial charge on any atom is 0.414 e. The number of carbonyl (C=O) groups is 2. The van der Waals surface area contributed by atoms with Crippen molar-refractivity contribution in [3.8, 4) is 5.75 Å². The van der Waals surface area contributed by atoms with Crippen LogP contribution in [-0.4, -0.2) is 52.6 Å². The van der Waals surface area contributed by atoms with Gasteiger partial charge in [-0.1, -0.05) is 50.3 Å². The van der Waals surface area contributed by atoms with Gasteiger partial charge in [-0.3, -0.25) is 0 Å². The molecule has 2 aliphatic carbocycles. The van der Waals surface area contributed by atoms with Crippen LogP contribution in [0.1, 0.15) is 69.3 Å². The number of rotatable bonds is 7. The Kier molecular flexibility index (Phi) is 9.94. The molecule has 2 aliphatic rings. The number of aliphatic carboxylic acids is 2. The maximum absolute atomic E-state index is 10.2. The second kappa shape index (κ2) is 12.4. The van der Waals surface area contributed by atoms with Crippen LogP contribution in [0.3, 0.4) is 0 Å². The van der Waals surface area contributed by atoms with Gasteiger partial charge < -0.3 is 25.4 Å². The summed E-state index contributed by atoms with van der Waals surface area (Å²) in [5, 5.41) is 28.5. The Morgan fingerprint density at radius 3 is 2.17 bits per heavy atom. The first-order valence-electron chi connectivity index (χ1n) is 10.6. The Hall–Kier alpha value is -2.12. The van der Waals surface area contributed by atoms with Crippen LogP contribution in [0.4, 0.5) is 0 Å². The van der Waals surface area contributed by atoms with E-state index in [1.165, 1.54) is 63.4 Å². The molecule has 3 rings (SSSR count). The normalized spacial score (nSPS) is 18.5. The highest BCUT2D eigenvalue weighted by Crippen LogP contribution is 2.38. The van der Waals surface area contributed by atoms with Gasteiger partial charge in [-0.25, -0.2) is 9.59 Å². The Morgan fingerprint density at radius 1 is 0.966 bits per heavy atom. The Morgan fingerprint density at radius 2 is 1.55 bits per heavy atom. The van der Waals surface area contributed by atoms with Crippen molar-refractivity contribution >= 4 is 11.9 Å². The van der Waals surface area contributed by atoms with Crippen LogP contribution < -0.4 is 10.1 Å². The zero-order valence-corrected chi connectivity index (χ0v) is 16.9. The van der Waals surface area contributed by atoms with E-state index in [2.05, 4.69) is 23.5 Å². The highest BCUT2D eigenvalue weighted by molar-refractivity contribution is 6.27. The van der Waals surface area contributed by atoms with Gasteiger partial charge in [0, 0.05) is 12.6 Å². The summed E-state index contributed by atoms with van der Waals surface area (Å²) in [4.78, 5) is 18.2. The molecule has 2 saturated carbocycles. The van der Waals surface area contributed by atoms with Crippen molar-refractivity contribution in [1.29, 1.82) is 0 Å². The molecule has 0 heterocycles. The van der Waals surface area contributed by atoms with Crippen LogP contribution in [0.15, 0.2) is 24.3 Å². The third-order valence-corrected chi connectivity index (χ3v) is 5.58. The lowest BCUT2D eigenvalue weighted by atomic mass is 9.95. The van der Waals surface area contributed by atoms with Gasteiger partial charge >= 0.3 is 11.9 Å². The minimum absolute atomic E-state index is 0.378. The molecule has 0 bridgehead atoms. The lowest BCUT2D eigenvalue weighted by molar-refractivity contribution is -0.159. The minimum Gasteiger partial charge on any atom is -0.491 e. The SMILES string of the molecule is O=C(O)C(=O)O.OC(CNC1CCCCC1)COc1ccccc1C1CCCC1. The Bertz CT molecular complexity index is 626. The fraction of sp³-hybridized carbons (Fsp3) is 0.636. The van der Waals surface area contributed by atoms with Gasteiger partial charge in [0.25, 0.3) is 0 Å². The fourth-order valence-electron chi connectivity index (χ4n) is 4.04. The standard InChI is InChI=1S/C20H31NO2.C2H2O4/c22-18(14-21-17-10-2-1-3-11-17)15-23-20-13-7-6-12-19(20)16-8-4-5-9-16;3-1(4)2(5)6/h6-7,12-13,16-18,21-22H,1-5,8-11,14-15H2;(H,3,4)(H,5,6). The summed E-state index contributed by atoms with van der Waals surface area (Å²) in [6.07, 6.45) is 11.3. The van der Waals surface area contributed by atoms with Crippen molar-refractivity contribution in [2.75, 3.05) is 13.2 Å². The van der Waals surface area contributed by atoms with Crippen LogP contribution in [0.5, 0.6) is 5.75 Å². The summed E-state index contributed by atoms with van der Waals surface area (Å²) in [6, 6.07) is 8.96. The number of benzene rings is 1. The highest BCUT2D eigenvalue weighted by Gasteiger charge is 2.21. The number of nitrogens with one attached hydrogen (secondary N) is 1. The molecule has 0 saturated heterocycles. The average Bonchev–Trinajstić information content (AvgIpc) is 3.27. The topological polar surface area (TPSA) is 116 Å². The second-order valence-electron chi connectivity index (χ2n) is 7.84. The predicted molar refractivity (Wildman–Crippen MR) is 109 cm³/mol. The third kappa shape index (κ3) is 8.41. The zero-order chi connectivity index (χ0) is 21.1. The summed E-state index contributed by atoms with van der Waals surface area (Å²) < 4.78 is 5.96. The van der Waals surface area contributed by atoms with Crippen molar-refractivity contribution in [3.05, 3.63) is 29.8 Å². The van der Waals surface area contributed by atoms with E-state index in [9.17, 15) is 5.11 Å². The largest absolute Gasteiger partial charge is 0.491 e. The van der Waals surface area contributed by atoms with Crippen LogP contribution in [0, 0.1) is 0 Å². The number of hydrogen-bond acceptors (Lipinski definition) is 5. The molecule has 1 atom stereocenters. The number of aliphatic hydroxyl groups excluding tert-OH is 1. The first kappa shape index (κ1) is 23.2. The Balaban J connectivity index is 0.000000438. The summed E-state index contributed by atoms with van der Waals surface area (Å²) >= 11 is 0. The van der Waals surface area contributed by atoms with E-state index in [4.69, 9.17) is 24.5 Å². The van der Waals surface area contributed by atoms with Crippen LogP contribution in [0.25, 0.3) is 0 Å². The van der Waals surface area contributed by atoms with Gasteiger partial charge in [0.15, 0.2) is 0 Å². The number of ether oxygens (including phenoxy) is 1. The smallest absolute Gasteiger partial charge is 0.414 e. The molecule has 7 heteroatoms. The van der Waals surface area contributed by atoms with E-state index in [0.717, 1.165) is 5.75 Å². The van der Waals surface area contributed by atoms with E-state index >= 15 is 0 Å². The zero-order valence-electron chi connectivity index (χ0n) is 16.9. The van der Waals surface area contributed by atoms with Gasteiger partial charge in [0.1, 0.15) is 18.5 Å². The van der Waals surface area contributed by atoms with E-state index in [0.29, 0.717) is 25.1 Å². The summed E-state index contributed by atoms with van der Waals surface area (Å²) in [5.41, 5.74) is 1.33. The van der Waals surface area contributed by atoms with Gasteiger partial charge in [-0.15, -0.1) is 0 Å². The maximum atomic E-state index is 10.2. The van der Waals surface area contributed by atoms with Crippen LogP contribution >= 0.6 is 0 Å². The summed E-state index contributed by atoms with van der Waals surface area (Å²) in [7, 11) is 0. The molecule has 162 valence electrons. The van der Waals surface area contributed by atoms with E-state index in [1.54, 1.807) is 0 Å². The molecule has 0 radical (unpaired) electrons. The second-order valence-corrected chi connectivity index (χ2v) is 7.84. The van der Waals surface area contributed by atoms with Crippen molar-refractivity contribution in [3.63, 3.8) is 0 Å². The molecule has 2 fully saturated rings. The molecule has 29 heavy (non-hydrogen) atoms. The first-order chi connectivity index (χ1) is 14.0. The molecule has 1 aromatic rings. The molecular weight excluding hydrogens is 374 g/mol. The van der Waals surface area contributed by atoms with Crippen LogP contribution in [-0.2, 0) is 9.59 Å². The average molecular weight is 408 g/mol. The molecule has 0 aromatic heterocycles. The van der Waals surface area contributed by atoms with E-state index in [-0.39, 0.29) is 0 Å². The number of hydrogen-bond donors (Lipinski definition) is 4. The number of carboxylic acids is 2. The number of carboxylic acid groups (broad SMARTS) is 2. The lowest BCUT2D eigenvalue weighted by Gasteiger charge is -2.24. The van der Waals surface area contributed by atoms with Crippen molar-refractivity contribution in [1.82, 2.24) is 5.32 Å². The molecule has 0 amide bonds. The lowest BCUT2D eigenvalue weighted by Crippen LogP contribution is -2.39. The predicted octanol–water partition coefficient (Wildman–Crippen LogP) is 3.16. The number of para-hydroxylation sites is 1. The first-order valence-corrected chi connectivity index (χ1v) is 10.6. The Labute approximate surface area is 172 Å². The summed E-state index contributed by atoms with van der Waals surface area (Å²) in [6.45, 7) is 1.01. The summed E-state index contributed by atoms with van der Waals surface area (Å²) in [5.74, 6) is -2.04. The molecule has 1 aromatic carbocycles. The van der Waals surface area contributed by atoms with Gasteiger partial charge in [0.05, 0.1) is 0 Å². The van der Waals surface area contributed by atoms with E-state index in [1.807, 2.05) is 6.07 Å². The molecule has 0 spiro atoms. The van der Waals surface area contributed by atoms with Crippen molar-refractivity contribution in [2.24, 2.45) is 0 Å².